The summed E-state index contributed by atoms with van der Waals surface area (Å²) in [7, 11) is 0. The number of ether oxygens (including phenoxy) is 5. The van der Waals surface area contributed by atoms with Crippen LogP contribution in [0.25, 0.3) is 0 Å². The van der Waals surface area contributed by atoms with Crippen LogP contribution < -0.4 is 0 Å². The van der Waals surface area contributed by atoms with Crippen LogP contribution in [0.5, 0.6) is 0 Å². The molecule has 0 rings (SSSR count). The van der Waals surface area contributed by atoms with Gasteiger partial charge in [0.25, 0.3) is 0 Å². The Labute approximate surface area is 251 Å². The molecule has 0 aliphatic rings. The fourth-order valence-corrected chi connectivity index (χ4v) is 3.88. The van der Waals surface area contributed by atoms with Crippen molar-refractivity contribution in [3.8, 4) is 0 Å². The van der Waals surface area contributed by atoms with Crippen LogP contribution in [0.15, 0.2) is 24.3 Å². The zero-order valence-electron chi connectivity index (χ0n) is 26.6. The summed E-state index contributed by atoms with van der Waals surface area (Å²) >= 11 is 0. The second kappa shape index (κ2) is 29.6. The van der Waals surface area contributed by atoms with E-state index in [4.69, 9.17) is 23.7 Å². The van der Waals surface area contributed by atoms with Gasteiger partial charge in [-0.15, -0.1) is 0 Å². The van der Waals surface area contributed by atoms with Gasteiger partial charge in [0.1, 0.15) is 0 Å². The van der Waals surface area contributed by atoms with E-state index < -0.39 is 12.4 Å². The van der Waals surface area contributed by atoms with E-state index in [-0.39, 0.29) is 31.5 Å². The highest BCUT2D eigenvalue weighted by Crippen LogP contribution is 2.11. The molecular weight excluding hydrogens is 522 g/mol. The van der Waals surface area contributed by atoms with Gasteiger partial charge in [0.05, 0.1) is 26.2 Å². The maximum atomic E-state index is 12.3. The van der Waals surface area contributed by atoms with E-state index in [1.807, 2.05) is 0 Å². The Morgan fingerprint density at radius 2 is 1.29 bits per heavy atom. The van der Waals surface area contributed by atoms with Crippen molar-refractivity contribution < 1.29 is 33.3 Å². The molecule has 8 nitrogen and oxygen atoms in total. The topological polar surface area (TPSA) is 83.5 Å². The molecule has 0 spiro atoms. The van der Waals surface area contributed by atoms with Gasteiger partial charge < -0.3 is 28.6 Å². The highest BCUT2D eigenvalue weighted by atomic mass is 16.7. The molecule has 0 saturated heterocycles. The number of carbonyl (C=O) groups is 2. The lowest BCUT2D eigenvalue weighted by Gasteiger charge is -2.19. The van der Waals surface area contributed by atoms with E-state index in [0.29, 0.717) is 32.7 Å². The Morgan fingerprint density at radius 3 is 1.85 bits per heavy atom. The smallest absolute Gasteiger partial charge is 0.465 e. The van der Waals surface area contributed by atoms with E-state index in [1.54, 1.807) is 0 Å². The minimum atomic E-state index is -0.672. The van der Waals surface area contributed by atoms with Crippen molar-refractivity contribution >= 4 is 12.1 Å². The number of carbonyl (C=O) groups excluding carboxylic acids is 2. The van der Waals surface area contributed by atoms with Crippen LogP contribution in [-0.4, -0.2) is 76.0 Å². The molecule has 0 aliphatic heterocycles. The predicted molar refractivity (Wildman–Crippen MR) is 166 cm³/mol. The van der Waals surface area contributed by atoms with Gasteiger partial charge >= 0.3 is 12.1 Å². The monoisotopic (exact) mass is 582 g/mol. The molecule has 0 aromatic carbocycles. The summed E-state index contributed by atoms with van der Waals surface area (Å²) in [6.07, 6.45) is 17.9. The zero-order valence-corrected chi connectivity index (χ0v) is 26.6. The number of allylic oxidation sites excluding steroid dienone is 4. The third-order valence-electron chi connectivity index (χ3n) is 6.49. The van der Waals surface area contributed by atoms with Gasteiger partial charge in [0, 0.05) is 26.2 Å². The van der Waals surface area contributed by atoms with Gasteiger partial charge in [-0.25, -0.2) is 4.79 Å². The highest BCUT2D eigenvalue weighted by molar-refractivity contribution is 5.69. The summed E-state index contributed by atoms with van der Waals surface area (Å²) in [6, 6.07) is 0. The quantitative estimate of drug-likeness (QED) is 0.0402. The summed E-state index contributed by atoms with van der Waals surface area (Å²) < 4.78 is 27.5. The number of hydrogen-bond acceptors (Lipinski definition) is 8. The largest absolute Gasteiger partial charge is 0.508 e. The van der Waals surface area contributed by atoms with Crippen LogP contribution >= 0.6 is 0 Å². The first-order chi connectivity index (χ1) is 20.0. The van der Waals surface area contributed by atoms with Crippen molar-refractivity contribution in [2.75, 3.05) is 52.7 Å². The highest BCUT2D eigenvalue weighted by Gasteiger charge is 2.15. The first-order valence-corrected chi connectivity index (χ1v) is 16.0. The molecule has 8 heteroatoms. The molecule has 0 heterocycles. The number of hydrogen-bond donors (Lipinski definition) is 0. The average Bonchev–Trinajstić information content (AvgIpc) is 2.97. The van der Waals surface area contributed by atoms with Crippen molar-refractivity contribution in [3.63, 3.8) is 0 Å². The van der Waals surface area contributed by atoms with Gasteiger partial charge in [0.15, 0.2) is 6.29 Å². The number of esters is 1. The number of rotatable bonds is 28. The Hall–Kier alpha value is -1.90. The summed E-state index contributed by atoms with van der Waals surface area (Å²) in [5.41, 5.74) is 0. The minimum absolute atomic E-state index is 0.171. The molecule has 0 aromatic heterocycles. The molecule has 0 aliphatic carbocycles. The zero-order chi connectivity index (χ0) is 30.4. The van der Waals surface area contributed by atoms with Crippen molar-refractivity contribution in [1.29, 1.82) is 0 Å². The van der Waals surface area contributed by atoms with Crippen LogP contribution in [-0.2, 0) is 28.5 Å². The lowest BCUT2D eigenvalue weighted by molar-refractivity contribution is -0.160. The third-order valence-corrected chi connectivity index (χ3v) is 6.49. The molecule has 0 N–H and O–H groups in total. The van der Waals surface area contributed by atoms with Crippen molar-refractivity contribution in [2.24, 2.45) is 5.92 Å². The Bertz CT molecular complexity index is 640. The third kappa shape index (κ3) is 26.7. The standard InChI is InChI=1S/C33H60NO7/c1-6-10-12-14-16-18-25-37-32(38-26-19-17-15-13-11-7-2)22-21-31(35)41-29-30(5)23-28-40-33(36)39-27-20-24-34(8-3)9-4/h10-13,30,32H,5-9,14-29H2,1-4H3/b12-10-,13-11-. The van der Waals surface area contributed by atoms with Crippen molar-refractivity contribution in [3.05, 3.63) is 31.2 Å². The molecular formula is C33H60NO7. The van der Waals surface area contributed by atoms with Crippen LogP contribution in [0.3, 0.4) is 0 Å². The molecule has 1 unspecified atom stereocenters. The lowest BCUT2D eigenvalue weighted by atomic mass is 10.1. The Morgan fingerprint density at radius 1 is 0.707 bits per heavy atom. The lowest BCUT2D eigenvalue weighted by Crippen LogP contribution is -2.25. The fourth-order valence-electron chi connectivity index (χ4n) is 3.88. The summed E-state index contributed by atoms with van der Waals surface area (Å²) in [5.74, 6) is -0.486. The van der Waals surface area contributed by atoms with Crippen LogP contribution in [0, 0.1) is 12.8 Å². The van der Waals surface area contributed by atoms with E-state index in [1.165, 1.54) is 0 Å². The first-order valence-electron chi connectivity index (χ1n) is 16.0. The first kappa shape index (κ1) is 39.1. The Kier molecular flexibility index (Phi) is 28.2. The van der Waals surface area contributed by atoms with Crippen molar-refractivity contribution in [2.45, 2.75) is 111 Å². The SMILES string of the molecule is [CH2]C(CCOC(=O)OCCCN(CC)CC)COC(=O)CCC(OCCCC/C=C\CC)OCCCC/C=C\CC. The van der Waals surface area contributed by atoms with Crippen LogP contribution in [0.2, 0.25) is 0 Å². The van der Waals surface area contributed by atoms with Gasteiger partial charge in [-0.2, -0.15) is 0 Å². The molecule has 239 valence electrons. The predicted octanol–water partition coefficient (Wildman–Crippen LogP) is 7.67. The molecule has 1 radical (unpaired) electrons. The van der Waals surface area contributed by atoms with Gasteiger partial charge in [-0.05, 0) is 90.1 Å². The molecule has 0 aromatic rings. The normalized spacial score (nSPS) is 12.6. The number of unbranched alkanes of at least 4 members (excludes halogenated alkanes) is 4. The summed E-state index contributed by atoms with van der Waals surface area (Å²) in [5, 5.41) is 0. The second-order valence-electron chi connectivity index (χ2n) is 10.1. The number of nitrogens with zero attached hydrogens (tertiary/aromatic N) is 1. The maximum absolute atomic E-state index is 12.3. The van der Waals surface area contributed by atoms with Crippen LogP contribution in [0.4, 0.5) is 4.79 Å². The summed E-state index contributed by atoms with van der Waals surface area (Å²) in [4.78, 5) is 26.3. The van der Waals surface area contributed by atoms with Crippen LogP contribution in [0.1, 0.15) is 105 Å². The van der Waals surface area contributed by atoms with Gasteiger partial charge in [-0.3, -0.25) is 4.79 Å². The fraction of sp³-hybridized carbons (Fsp3) is 0.788. The van der Waals surface area contributed by atoms with E-state index in [2.05, 4.69) is 63.8 Å². The van der Waals surface area contributed by atoms with E-state index in [9.17, 15) is 9.59 Å². The maximum Gasteiger partial charge on any atom is 0.508 e. The van der Waals surface area contributed by atoms with E-state index >= 15 is 0 Å². The summed E-state index contributed by atoms with van der Waals surface area (Å²) in [6.45, 7) is 17.2. The molecule has 0 amide bonds. The second-order valence-corrected chi connectivity index (χ2v) is 10.1. The molecule has 0 bridgehead atoms. The molecule has 1 atom stereocenters. The average molecular weight is 583 g/mol. The molecule has 0 fully saturated rings. The van der Waals surface area contributed by atoms with Gasteiger partial charge in [-0.1, -0.05) is 52.0 Å². The molecule has 41 heavy (non-hydrogen) atoms. The molecule has 0 saturated carbocycles. The van der Waals surface area contributed by atoms with Crippen molar-refractivity contribution in [1.82, 2.24) is 4.90 Å². The van der Waals surface area contributed by atoms with E-state index in [0.717, 1.165) is 77.4 Å². The van der Waals surface area contributed by atoms with Gasteiger partial charge in [0.2, 0.25) is 0 Å². The Balaban J connectivity index is 4.18. The minimum Gasteiger partial charge on any atom is -0.465 e.